The number of halogens is 2. The Kier molecular flexibility index (Phi) is 3.55. The van der Waals surface area contributed by atoms with Crippen molar-refractivity contribution in [1.29, 1.82) is 0 Å². The predicted octanol–water partition coefficient (Wildman–Crippen LogP) is 3.88. The molecule has 0 bridgehead atoms. The van der Waals surface area contributed by atoms with Crippen LogP contribution in [-0.4, -0.2) is 17.2 Å². The van der Waals surface area contributed by atoms with Gasteiger partial charge in [0.15, 0.2) is 0 Å². The van der Waals surface area contributed by atoms with Crippen LogP contribution in [0, 0.1) is 6.92 Å². The normalized spacial score (nSPS) is 21.5. The molecule has 1 aromatic carbocycles. The van der Waals surface area contributed by atoms with E-state index >= 15 is 0 Å². The van der Waals surface area contributed by atoms with Gasteiger partial charge in [0.2, 0.25) is 0 Å². The van der Waals surface area contributed by atoms with Gasteiger partial charge < -0.3 is 4.84 Å². The molecule has 1 aliphatic heterocycles. The van der Waals surface area contributed by atoms with Crippen LogP contribution in [0.5, 0.6) is 0 Å². The average Bonchev–Trinajstić information content (AvgIpc) is 2.71. The SMILES string of the molecule is Cc1cc(C2=NOC(C(C)Cl)C2)ccc1Br. The maximum atomic E-state index is 5.99. The smallest absolute Gasteiger partial charge is 0.149 e. The average molecular weight is 303 g/mol. The Hall–Kier alpha value is -0.540. The number of rotatable bonds is 2. The second kappa shape index (κ2) is 4.76. The van der Waals surface area contributed by atoms with Gasteiger partial charge in [-0.15, -0.1) is 11.6 Å². The first-order valence-corrected chi connectivity index (χ1v) is 6.44. The topological polar surface area (TPSA) is 21.6 Å². The van der Waals surface area contributed by atoms with Gasteiger partial charge in [-0.05, 0) is 37.1 Å². The number of hydrogen-bond acceptors (Lipinski definition) is 2. The van der Waals surface area contributed by atoms with Gasteiger partial charge in [-0.25, -0.2) is 0 Å². The molecule has 4 heteroatoms. The van der Waals surface area contributed by atoms with E-state index in [1.54, 1.807) is 0 Å². The Labute approximate surface area is 109 Å². The van der Waals surface area contributed by atoms with E-state index < -0.39 is 0 Å². The molecule has 2 nitrogen and oxygen atoms in total. The highest BCUT2D eigenvalue weighted by atomic mass is 79.9. The third-order valence-corrected chi connectivity index (χ3v) is 3.87. The molecular weight excluding hydrogens is 289 g/mol. The van der Waals surface area contributed by atoms with E-state index in [1.807, 2.05) is 19.1 Å². The summed E-state index contributed by atoms with van der Waals surface area (Å²) in [5, 5.41) is 4.08. The minimum absolute atomic E-state index is 0.000574. The van der Waals surface area contributed by atoms with Crippen LogP contribution in [-0.2, 0) is 4.84 Å². The fourth-order valence-corrected chi connectivity index (χ4v) is 2.02. The molecule has 2 atom stereocenters. The van der Waals surface area contributed by atoms with E-state index in [9.17, 15) is 0 Å². The third kappa shape index (κ3) is 2.41. The van der Waals surface area contributed by atoms with Crippen molar-refractivity contribution in [3.8, 4) is 0 Å². The molecule has 0 spiro atoms. The molecule has 16 heavy (non-hydrogen) atoms. The molecule has 1 heterocycles. The zero-order chi connectivity index (χ0) is 11.7. The van der Waals surface area contributed by atoms with Gasteiger partial charge in [0.1, 0.15) is 6.10 Å². The van der Waals surface area contributed by atoms with E-state index in [1.165, 1.54) is 5.56 Å². The molecule has 1 aliphatic rings. The summed E-state index contributed by atoms with van der Waals surface area (Å²) in [5.41, 5.74) is 3.29. The van der Waals surface area contributed by atoms with Gasteiger partial charge in [0.05, 0.1) is 11.1 Å². The molecule has 0 N–H and O–H groups in total. The van der Waals surface area contributed by atoms with Crippen LogP contribution < -0.4 is 0 Å². The molecular formula is C12H13BrClNO. The Balaban J connectivity index is 2.18. The maximum absolute atomic E-state index is 5.99. The van der Waals surface area contributed by atoms with Crippen molar-refractivity contribution in [2.24, 2.45) is 5.16 Å². The zero-order valence-electron chi connectivity index (χ0n) is 9.21. The van der Waals surface area contributed by atoms with Crippen LogP contribution in [0.25, 0.3) is 0 Å². The number of oxime groups is 1. The zero-order valence-corrected chi connectivity index (χ0v) is 11.5. The Morgan fingerprint density at radius 3 is 2.88 bits per heavy atom. The molecule has 2 unspecified atom stereocenters. The largest absolute Gasteiger partial charge is 0.390 e. The standard InChI is InChI=1S/C12H13BrClNO/c1-7-5-9(3-4-10(7)13)11-6-12(8(2)14)16-15-11/h3-5,8,12H,6H2,1-2H3. The minimum atomic E-state index is -0.0159. The molecule has 86 valence electrons. The lowest BCUT2D eigenvalue weighted by Crippen LogP contribution is -2.18. The summed E-state index contributed by atoms with van der Waals surface area (Å²) < 4.78 is 1.11. The number of hydrogen-bond donors (Lipinski definition) is 0. The molecule has 0 radical (unpaired) electrons. The lowest BCUT2D eigenvalue weighted by atomic mass is 10.0. The van der Waals surface area contributed by atoms with Gasteiger partial charge in [-0.2, -0.15) is 0 Å². The predicted molar refractivity (Wildman–Crippen MR) is 70.2 cm³/mol. The summed E-state index contributed by atoms with van der Waals surface area (Å²) in [6.07, 6.45) is 0.784. The first-order valence-electron chi connectivity index (χ1n) is 5.21. The van der Waals surface area contributed by atoms with Crippen molar-refractivity contribution in [2.75, 3.05) is 0 Å². The van der Waals surface area contributed by atoms with Gasteiger partial charge in [0.25, 0.3) is 0 Å². The highest BCUT2D eigenvalue weighted by Gasteiger charge is 2.26. The first-order chi connectivity index (χ1) is 7.58. The van der Waals surface area contributed by atoms with Crippen molar-refractivity contribution in [3.63, 3.8) is 0 Å². The number of benzene rings is 1. The van der Waals surface area contributed by atoms with E-state index in [4.69, 9.17) is 16.4 Å². The molecule has 1 aromatic rings. The second-order valence-electron chi connectivity index (χ2n) is 4.03. The molecule has 0 aliphatic carbocycles. The summed E-state index contributed by atoms with van der Waals surface area (Å²) in [4.78, 5) is 5.30. The van der Waals surface area contributed by atoms with E-state index in [2.05, 4.69) is 34.1 Å². The van der Waals surface area contributed by atoms with Crippen LogP contribution >= 0.6 is 27.5 Å². The van der Waals surface area contributed by atoms with Gasteiger partial charge in [-0.1, -0.05) is 27.2 Å². The Bertz CT molecular complexity index is 431. The molecule has 2 rings (SSSR count). The fraction of sp³-hybridized carbons (Fsp3) is 0.417. The highest BCUT2D eigenvalue weighted by Crippen LogP contribution is 2.24. The lowest BCUT2D eigenvalue weighted by molar-refractivity contribution is 0.0855. The van der Waals surface area contributed by atoms with Crippen molar-refractivity contribution < 1.29 is 4.84 Å². The van der Waals surface area contributed by atoms with Crippen LogP contribution in [0.1, 0.15) is 24.5 Å². The quantitative estimate of drug-likeness (QED) is 0.760. The van der Waals surface area contributed by atoms with Crippen LogP contribution in [0.2, 0.25) is 0 Å². The highest BCUT2D eigenvalue weighted by molar-refractivity contribution is 9.10. The number of nitrogens with zero attached hydrogens (tertiary/aromatic N) is 1. The van der Waals surface area contributed by atoms with Crippen LogP contribution in [0.3, 0.4) is 0 Å². The molecule has 0 saturated carbocycles. The van der Waals surface area contributed by atoms with E-state index in [-0.39, 0.29) is 11.5 Å². The molecule has 0 amide bonds. The number of alkyl halides is 1. The summed E-state index contributed by atoms with van der Waals surface area (Å²) in [5.74, 6) is 0. The van der Waals surface area contributed by atoms with Crippen LogP contribution in [0.4, 0.5) is 0 Å². The third-order valence-electron chi connectivity index (χ3n) is 2.70. The minimum Gasteiger partial charge on any atom is -0.390 e. The summed E-state index contributed by atoms with van der Waals surface area (Å²) >= 11 is 9.47. The van der Waals surface area contributed by atoms with E-state index in [0.29, 0.717) is 0 Å². The van der Waals surface area contributed by atoms with Crippen molar-refractivity contribution in [3.05, 3.63) is 33.8 Å². The van der Waals surface area contributed by atoms with Crippen LogP contribution in [0.15, 0.2) is 27.8 Å². The Morgan fingerprint density at radius 2 is 2.31 bits per heavy atom. The van der Waals surface area contributed by atoms with Gasteiger partial charge >= 0.3 is 0 Å². The fourth-order valence-electron chi connectivity index (χ4n) is 1.64. The molecule has 0 saturated heterocycles. The van der Waals surface area contributed by atoms with Crippen molar-refractivity contribution >= 4 is 33.2 Å². The van der Waals surface area contributed by atoms with Gasteiger partial charge in [-0.3, -0.25) is 0 Å². The first kappa shape index (κ1) is 11.9. The number of aryl methyl sites for hydroxylation is 1. The summed E-state index contributed by atoms with van der Waals surface area (Å²) in [6.45, 7) is 3.99. The van der Waals surface area contributed by atoms with E-state index in [0.717, 1.165) is 22.2 Å². The lowest BCUT2D eigenvalue weighted by Gasteiger charge is -2.09. The van der Waals surface area contributed by atoms with Crippen molar-refractivity contribution in [1.82, 2.24) is 0 Å². The monoisotopic (exact) mass is 301 g/mol. The second-order valence-corrected chi connectivity index (χ2v) is 5.57. The van der Waals surface area contributed by atoms with Gasteiger partial charge in [0, 0.05) is 10.9 Å². The maximum Gasteiger partial charge on any atom is 0.149 e. The molecule has 0 aromatic heterocycles. The molecule has 0 fully saturated rings. The summed E-state index contributed by atoms with van der Waals surface area (Å²) in [7, 11) is 0. The Morgan fingerprint density at radius 1 is 1.56 bits per heavy atom. The summed E-state index contributed by atoms with van der Waals surface area (Å²) in [6, 6.07) is 6.18. The van der Waals surface area contributed by atoms with Crippen molar-refractivity contribution in [2.45, 2.75) is 31.7 Å².